The molecule has 0 bridgehead atoms. The largest absolute Gasteiger partial charge is 0.497 e. The molecule has 3 aromatic rings. The van der Waals surface area contributed by atoms with Crippen molar-refractivity contribution >= 4 is 21.6 Å². The third-order valence-electron chi connectivity index (χ3n) is 5.01. The van der Waals surface area contributed by atoms with Crippen molar-refractivity contribution < 1.29 is 27.4 Å². The molecule has 0 aromatic heterocycles. The van der Waals surface area contributed by atoms with E-state index < -0.39 is 22.5 Å². The number of hydrogen-bond acceptors (Lipinski definition) is 6. The Hall–Kier alpha value is -3.72. The summed E-state index contributed by atoms with van der Waals surface area (Å²) < 4.78 is 43.9. The van der Waals surface area contributed by atoms with Crippen molar-refractivity contribution in [2.24, 2.45) is 0 Å². The number of hydrogen-bond donors (Lipinski definition) is 1. The summed E-state index contributed by atoms with van der Waals surface area (Å²) in [4.78, 5) is 12.8. The molecule has 1 N–H and O–H groups in total. The van der Waals surface area contributed by atoms with E-state index in [9.17, 15) is 13.2 Å². The quantitative estimate of drug-likeness (QED) is 0.419. The SMILES string of the molecule is COc1ccc(N(CC(=O)NCCOc2ccccc2OC)S(=O)(=O)c2ccc(C)cc2)cc1. The maximum absolute atomic E-state index is 13.4. The lowest BCUT2D eigenvalue weighted by Gasteiger charge is -2.24. The number of amides is 1. The Bertz CT molecular complexity index is 1190. The number of sulfonamides is 1. The molecule has 0 saturated heterocycles. The van der Waals surface area contributed by atoms with E-state index in [-0.39, 0.29) is 18.0 Å². The average molecular weight is 485 g/mol. The Morgan fingerprint density at radius 3 is 2.15 bits per heavy atom. The van der Waals surface area contributed by atoms with E-state index in [1.807, 2.05) is 19.1 Å². The van der Waals surface area contributed by atoms with Crippen LogP contribution in [0.4, 0.5) is 5.69 Å². The number of para-hydroxylation sites is 2. The van der Waals surface area contributed by atoms with Crippen molar-refractivity contribution in [1.29, 1.82) is 0 Å². The first kappa shape index (κ1) is 24.9. The van der Waals surface area contributed by atoms with Crippen LogP contribution in [0.15, 0.2) is 77.7 Å². The van der Waals surface area contributed by atoms with Crippen molar-refractivity contribution in [2.75, 3.05) is 38.2 Å². The van der Waals surface area contributed by atoms with Gasteiger partial charge in [-0.2, -0.15) is 0 Å². The molecule has 0 unspecified atom stereocenters. The second kappa shape index (κ2) is 11.4. The van der Waals surface area contributed by atoms with Crippen molar-refractivity contribution in [2.45, 2.75) is 11.8 Å². The minimum absolute atomic E-state index is 0.0984. The average Bonchev–Trinajstić information content (AvgIpc) is 2.85. The summed E-state index contributed by atoms with van der Waals surface area (Å²) in [6.45, 7) is 1.87. The standard InChI is InChI=1S/C25H28N2O6S/c1-19-8-14-22(15-9-19)34(29,30)27(20-10-12-21(31-2)13-11-20)18-25(28)26-16-17-33-24-7-5-4-6-23(24)32-3/h4-15H,16-18H2,1-3H3,(H,26,28). The van der Waals surface area contributed by atoms with Crippen LogP contribution in [-0.2, 0) is 14.8 Å². The van der Waals surface area contributed by atoms with Gasteiger partial charge in [-0.1, -0.05) is 29.8 Å². The predicted molar refractivity (Wildman–Crippen MR) is 130 cm³/mol. The van der Waals surface area contributed by atoms with Gasteiger partial charge < -0.3 is 19.5 Å². The minimum Gasteiger partial charge on any atom is -0.497 e. The number of nitrogens with one attached hydrogen (secondary N) is 1. The molecule has 0 aliphatic heterocycles. The van der Waals surface area contributed by atoms with Gasteiger partial charge in [-0.05, 0) is 55.5 Å². The third-order valence-corrected chi connectivity index (χ3v) is 6.80. The zero-order valence-corrected chi connectivity index (χ0v) is 20.2. The summed E-state index contributed by atoms with van der Waals surface area (Å²) in [5, 5.41) is 2.71. The number of carbonyl (C=O) groups is 1. The molecular weight excluding hydrogens is 456 g/mol. The summed E-state index contributed by atoms with van der Waals surface area (Å²) in [7, 11) is -0.912. The van der Waals surface area contributed by atoms with Gasteiger partial charge in [-0.3, -0.25) is 9.10 Å². The highest BCUT2D eigenvalue weighted by Crippen LogP contribution is 2.27. The molecule has 0 aliphatic rings. The van der Waals surface area contributed by atoms with Gasteiger partial charge in [0.2, 0.25) is 5.91 Å². The number of benzene rings is 3. The molecule has 0 atom stereocenters. The fourth-order valence-corrected chi connectivity index (χ4v) is 4.60. The normalized spacial score (nSPS) is 10.9. The molecule has 0 heterocycles. The second-order valence-electron chi connectivity index (χ2n) is 7.37. The molecule has 1 amide bonds. The number of aryl methyl sites for hydroxylation is 1. The van der Waals surface area contributed by atoms with Crippen LogP contribution in [0.25, 0.3) is 0 Å². The summed E-state index contributed by atoms with van der Waals surface area (Å²) in [5.41, 5.74) is 1.28. The second-order valence-corrected chi connectivity index (χ2v) is 9.23. The first-order valence-electron chi connectivity index (χ1n) is 10.6. The van der Waals surface area contributed by atoms with Gasteiger partial charge >= 0.3 is 0 Å². The van der Waals surface area contributed by atoms with Gasteiger partial charge in [0.1, 0.15) is 18.9 Å². The highest BCUT2D eigenvalue weighted by atomic mass is 32.2. The van der Waals surface area contributed by atoms with E-state index in [0.717, 1.165) is 9.87 Å². The summed E-state index contributed by atoms with van der Waals surface area (Å²) >= 11 is 0. The van der Waals surface area contributed by atoms with Crippen LogP contribution < -0.4 is 23.8 Å². The van der Waals surface area contributed by atoms with Crippen LogP contribution in [0.2, 0.25) is 0 Å². The Balaban J connectivity index is 1.71. The van der Waals surface area contributed by atoms with Crippen LogP contribution >= 0.6 is 0 Å². The van der Waals surface area contributed by atoms with Crippen molar-refractivity contribution in [3.8, 4) is 17.2 Å². The molecule has 0 saturated carbocycles. The molecule has 34 heavy (non-hydrogen) atoms. The molecule has 0 radical (unpaired) electrons. The molecule has 0 spiro atoms. The van der Waals surface area contributed by atoms with E-state index in [1.165, 1.54) is 19.2 Å². The smallest absolute Gasteiger partial charge is 0.264 e. The van der Waals surface area contributed by atoms with Crippen molar-refractivity contribution in [3.63, 3.8) is 0 Å². The summed E-state index contributed by atoms with van der Waals surface area (Å²) in [6.07, 6.45) is 0. The van der Waals surface area contributed by atoms with E-state index in [2.05, 4.69) is 5.32 Å². The van der Waals surface area contributed by atoms with E-state index in [1.54, 1.807) is 55.6 Å². The number of anilines is 1. The van der Waals surface area contributed by atoms with Crippen LogP contribution in [0.3, 0.4) is 0 Å². The highest BCUT2D eigenvalue weighted by molar-refractivity contribution is 7.92. The van der Waals surface area contributed by atoms with Crippen LogP contribution in [0.5, 0.6) is 17.2 Å². The number of methoxy groups -OCH3 is 2. The first-order chi connectivity index (χ1) is 16.3. The van der Waals surface area contributed by atoms with Gasteiger partial charge in [-0.25, -0.2) is 8.42 Å². The Morgan fingerprint density at radius 1 is 0.882 bits per heavy atom. The van der Waals surface area contributed by atoms with Crippen LogP contribution in [0.1, 0.15) is 5.56 Å². The number of carbonyl (C=O) groups excluding carboxylic acids is 1. The molecular formula is C25H28N2O6S. The molecule has 0 fully saturated rings. The van der Waals surface area contributed by atoms with E-state index >= 15 is 0 Å². The Kier molecular flexibility index (Phi) is 8.37. The molecule has 9 heteroatoms. The topological polar surface area (TPSA) is 94.2 Å². The van der Waals surface area contributed by atoms with Crippen LogP contribution in [0, 0.1) is 6.92 Å². The lowest BCUT2D eigenvalue weighted by atomic mass is 10.2. The van der Waals surface area contributed by atoms with Crippen molar-refractivity contribution in [1.82, 2.24) is 5.32 Å². The van der Waals surface area contributed by atoms with Gasteiger partial charge in [0, 0.05) is 0 Å². The van der Waals surface area contributed by atoms with Crippen molar-refractivity contribution in [3.05, 3.63) is 78.4 Å². The molecule has 8 nitrogen and oxygen atoms in total. The van der Waals surface area contributed by atoms with E-state index in [4.69, 9.17) is 14.2 Å². The summed E-state index contributed by atoms with van der Waals surface area (Å²) in [6, 6.07) is 20.2. The fraction of sp³-hybridized carbons (Fsp3) is 0.240. The van der Waals surface area contributed by atoms with Crippen LogP contribution in [-0.4, -0.2) is 48.2 Å². The van der Waals surface area contributed by atoms with Gasteiger partial charge in [-0.15, -0.1) is 0 Å². The van der Waals surface area contributed by atoms with Gasteiger partial charge in [0.25, 0.3) is 10.0 Å². The molecule has 3 aromatic carbocycles. The first-order valence-corrected chi connectivity index (χ1v) is 12.0. The Morgan fingerprint density at radius 2 is 1.53 bits per heavy atom. The predicted octanol–water partition coefficient (Wildman–Crippen LogP) is 3.40. The zero-order chi connectivity index (χ0) is 24.6. The lowest BCUT2D eigenvalue weighted by Crippen LogP contribution is -2.41. The number of nitrogens with zero attached hydrogens (tertiary/aromatic N) is 1. The highest BCUT2D eigenvalue weighted by Gasteiger charge is 2.27. The lowest BCUT2D eigenvalue weighted by molar-refractivity contribution is -0.119. The number of rotatable bonds is 11. The molecule has 0 aliphatic carbocycles. The zero-order valence-electron chi connectivity index (χ0n) is 19.4. The Labute approximate surface area is 200 Å². The summed E-state index contributed by atoms with van der Waals surface area (Å²) in [5.74, 6) is 1.26. The number of ether oxygens (including phenoxy) is 3. The monoisotopic (exact) mass is 484 g/mol. The molecule has 3 rings (SSSR count). The fourth-order valence-electron chi connectivity index (χ4n) is 3.18. The molecule has 180 valence electrons. The van der Waals surface area contributed by atoms with Gasteiger partial charge in [0.05, 0.1) is 31.3 Å². The van der Waals surface area contributed by atoms with E-state index in [0.29, 0.717) is 22.9 Å². The third kappa shape index (κ3) is 6.20. The maximum atomic E-state index is 13.4. The minimum atomic E-state index is -3.98. The maximum Gasteiger partial charge on any atom is 0.264 e. The van der Waals surface area contributed by atoms with Gasteiger partial charge in [0.15, 0.2) is 11.5 Å².